The lowest BCUT2D eigenvalue weighted by molar-refractivity contribution is -0.137. The van der Waals surface area contributed by atoms with Crippen LogP contribution in [0.4, 0.5) is 0 Å². The standard InChI is InChI=1S/C8H12N2O2S2.C2H6/c9-6(8(11)12)5-13-14-7-3-1-2-4-10-7;1-2/h1-4,6-7,10H,5,9H2,(H,11,12);1-2H3. The molecule has 1 rings (SSSR count). The Hall–Kier alpha value is -0.590. The number of allylic oxidation sites excluding steroid dienone is 2. The smallest absolute Gasteiger partial charge is 0.321 e. The summed E-state index contributed by atoms with van der Waals surface area (Å²) in [4.78, 5) is 10.4. The molecule has 6 heteroatoms. The molecule has 4 nitrogen and oxygen atoms in total. The van der Waals surface area contributed by atoms with E-state index in [4.69, 9.17) is 10.8 Å². The minimum Gasteiger partial charge on any atom is -0.480 e. The number of hydrogen-bond donors (Lipinski definition) is 3. The van der Waals surface area contributed by atoms with Gasteiger partial charge in [0.2, 0.25) is 0 Å². The van der Waals surface area contributed by atoms with Crippen molar-refractivity contribution in [3.8, 4) is 0 Å². The predicted molar refractivity (Wildman–Crippen MR) is 72.2 cm³/mol. The average molecular weight is 262 g/mol. The quantitative estimate of drug-likeness (QED) is 0.656. The third-order valence-corrected chi connectivity index (χ3v) is 4.06. The average Bonchev–Trinajstić information content (AvgIpc) is 2.33. The zero-order chi connectivity index (χ0) is 12.4. The van der Waals surface area contributed by atoms with Crippen LogP contribution in [-0.4, -0.2) is 28.2 Å². The molecule has 0 bridgehead atoms. The maximum atomic E-state index is 10.4. The van der Waals surface area contributed by atoms with Crippen LogP contribution in [0, 0.1) is 0 Å². The molecule has 4 N–H and O–H groups in total. The molecule has 0 fully saturated rings. The Labute approximate surface area is 104 Å². The van der Waals surface area contributed by atoms with Crippen LogP contribution in [0.2, 0.25) is 0 Å². The summed E-state index contributed by atoms with van der Waals surface area (Å²) in [6.45, 7) is 4.00. The SMILES string of the molecule is CC.NC(CSSC1C=CC=CN1)C(=O)O. The van der Waals surface area contributed by atoms with Gasteiger partial charge in [0.05, 0.1) is 0 Å². The molecule has 0 amide bonds. The summed E-state index contributed by atoms with van der Waals surface area (Å²) in [6, 6.07) is -0.782. The minimum absolute atomic E-state index is 0.200. The second-order valence-corrected chi connectivity index (χ2v) is 5.21. The van der Waals surface area contributed by atoms with E-state index in [0.717, 1.165) is 0 Å². The monoisotopic (exact) mass is 262 g/mol. The van der Waals surface area contributed by atoms with Crippen LogP contribution in [0.15, 0.2) is 24.4 Å². The first-order valence-corrected chi connectivity index (χ1v) is 7.44. The van der Waals surface area contributed by atoms with Crippen LogP contribution in [0.3, 0.4) is 0 Å². The largest absolute Gasteiger partial charge is 0.480 e. The third kappa shape index (κ3) is 6.81. The molecular weight excluding hydrogens is 244 g/mol. The molecule has 0 aromatic heterocycles. The van der Waals surface area contributed by atoms with Crippen molar-refractivity contribution in [2.45, 2.75) is 25.3 Å². The van der Waals surface area contributed by atoms with Gasteiger partial charge in [0.25, 0.3) is 0 Å². The van der Waals surface area contributed by atoms with Gasteiger partial charge in [-0.2, -0.15) is 0 Å². The lowest BCUT2D eigenvalue weighted by atomic mass is 10.4. The van der Waals surface area contributed by atoms with Gasteiger partial charge in [-0.05, 0) is 12.3 Å². The summed E-state index contributed by atoms with van der Waals surface area (Å²) < 4.78 is 0. The first-order valence-electron chi connectivity index (χ1n) is 5.06. The Balaban J connectivity index is 0.00000106. The number of aliphatic carboxylic acids is 1. The topological polar surface area (TPSA) is 75.3 Å². The zero-order valence-corrected chi connectivity index (χ0v) is 11.1. The molecule has 1 heterocycles. The second kappa shape index (κ2) is 9.62. The number of hydrogen-bond acceptors (Lipinski definition) is 5. The first-order chi connectivity index (χ1) is 7.70. The van der Waals surface area contributed by atoms with Gasteiger partial charge in [0.1, 0.15) is 11.4 Å². The van der Waals surface area contributed by atoms with Gasteiger partial charge in [-0.3, -0.25) is 4.79 Å². The molecule has 0 aromatic carbocycles. The van der Waals surface area contributed by atoms with Crippen LogP contribution in [0.5, 0.6) is 0 Å². The fourth-order valence-electron chi connectivity index (χ4n) is 0.744. The summed E-state index contributed by atoms with van der Waals surface area (Å²) in [5.41, 5.74) is 5.35. The van der Waals surface area contributed by atoms with Gasteiger partial charge in [-0.15, -0.1) is 0 Å². The highest BCUT2D eigenvalue weighted by molar-refractivity contribution is 8.77. The fourth-order valence-corrected chi connectivity index (χ4v) is 3.02. The Morgan fingerprint density at radius 2 is 2.25 bits per heavy atom. The van der Waals surface area contributed by atoms with E-state index in [2.05, 4.69) is 5.32 Å². The molecule has 0 aliphatic carbocycles. The van der Waals surface area contributed by atoms with Gasteiger partial charge in [-0.25, -0.2) is 0 Å². The van der Waals surface area contributed by atoms with Crippen LogP contribution >= 0.6 is 21.6 Å². The highest BCUT2D eigenvalue weighted by Gasteiger charge is 2.12. The number of rotatable bonds is 5. The Morgan fingerprint density at radius 1 is 1.56 bits per heavy atom. The van der Waals surface area contributed by atoms with Gasteiger partial charge in [0, 0.05) is 5.75 Å². The molecule has 0 spiro atoms. The highest BCUT2D eigenvalue weighted by atomic mass is 33.1. The van der Waals surface area contributed by atoms with Crippen molar-refractivity contribution in [1.29, 1.82) is 0 Å². The predicted octanol–water partition coefficient (Wildman–Crippen LogP) is 1.81. The number of carboxylic acid groups (broad SMARTS) is 1. The molecule has 1 aliphatic rings. The van der Waals surface area contributed by atoms with E-state index in [0.29, 0.717) is 5.75 Å². The van der Waals surface area contributed by atoms with Crippen LogP contribution in [0.1, 0.15) is 13.8 Å². The lowest BCUT2D eigenvalue weighted by Gasteiger charge is -2.14. The normalized spacial score (nSPS) is 19.3. The van der Waals surface area contributed by atoms with Crippen molar-refractivity contribution in [2.75, 3.05) is 5.75 Å². The number of nitrogens with two attached hydrogens (primary N) is 1. The maximum absolute atomic E-state index is 10.4. The molecule has 0 radical (unpaired) electrons. The molecule has 1 aliphatic heterocycles. The molecule has 16 heavy (non-hydrogen) atoms. The van der Waals surface area contributed by atoms with Crippen LogP contribution in [-0.2, 0) is 4.79 Å². The number of dihydropyridines is 1. The van der Waals surface area contributed by atoms with E-state index in [9.17, 15) is 4.79 Å². The summed E-state index contributed by atoms with van der Waals surface area (Å²) >= 11 is 0. The Morgan fingerprint density at radius 3 is 2.75 bits per heavy atom. The lowest BCUT2D eigenvalue weighted by Crippen LogP contribution is -2.32. The molecular formula is C10H18N2O2S2. The molecule has 0 saturated heterocycles. The zero-order valence-electron chi connectivity index (χ0n) is 9.42. The van der Waals surface area contributed by atoms with Crippen molar-refractivity contribution >= 4 is 27.6 Å². The molecule has 0 saturated carbocycles. The van der Waals surface area contributed by atoms with Crippen LogP contribution < -0.4 is 11.1 Å². The number of nitrogens with one attached hydrogen (secondary N) is 1. The molecule has 92 valence electrons. The first kappa shape index (κ1) is 15.4. The van der Waals surface area contributed by atoms with Crippen molar-refractivity contribution < 1.29 is 9.90 Å². The van der Waals surface area contributed by atoms with Gasteiger partial charge < -0.3 is 16.2 Å². The van der Waals surface area contributed by atoms with Gasteiger partial charge in [-0.1, -0.05) is 47.6 Å². The summed E-state index contributed by atoms with van der Waals surface area (Å²) in [6.07, 6.45) is 7.72. The maximum Gasteiger partial charge on any atom is 0.321 e. The van der Waals surface area contributed by atoms with E-state index in [1.54, 1.807) is 10.8 Å². The summed E-state index contributed by atoms with van der Waals surface area (Å²) in [5.74, 6) is -0.541. The van der Waals surface area contributed by atoms with E-state index in [1.165, 1.54) is 10.8 Å². The fraction of sp³-hybridized carbons (Fsp3) is 0.500. The van der Waals surface area contributed by atoms with E-state index in [-0.39, 0.29) is 5.37 Å². The van der Waals surface area contributed by atoms with E-state index >= 15 is 0 Å². The highest BCUT2D eigenvalue weighted by Crippen LogP contribution is 2.27. The molecule has 0 aromatic rings. The molecule has 2 unspecified atom stereocenters. The van der Waals surface area contributed by atoms with E-state index < -0.39 is 12.0 Å². The third-order valence-electron chi connectivity index (χ3n) is 1.49. The minimum atomic E-state index is -0.954. The second-order valence-electron chi connectivity index (χ2n) is 2.66. The molecule has 2 atom stereocenters. The van der Waals surface area contributed by atoms with Gasteiger partial charge in [0.15, 0.2) is 0 Å². The summed E-state index contributed by atoms with van der Waals surface area (Å²) in [5, 5.41) is 11.8. The Kier molecular flexibility index (Phi) is 9.27. The van der Waals surface area contributed by atoms with Crippen molar-refractivity contribution in [2.24, 2.45) is 5.73 Å². The van der Waals surface area contributed by atoms with E-state index in [1.807, 2.05) is 38.3 Å². The van der Waals surface area contributed by atoms with Crippen molar-refractivity contribution in [1.82, 2.24) is 5.32 Å². The number of carboxylic acids is 1. The van der Waals surface area contributed by atoms with Gasteiger partial charge >= 0.3 is 5.97 Å². The number of carbonyl (C=O) groups is 1. The van der Waals surface area contributed by atoms with Crippen molar-refractivity contribution in [3.63, 3.8) is 0 Å². The van der Waals surface area contributed by atoms with Crippen molar-refractivity contribution in [3.05, 3.63) is 24.4 Å². The summed E-state index contributed by atoms with van der Waals surface area (Å²) in [7, 11) is 3.03. The Bertz CT molecular complexity index is 257. The van der Waals surface area contributed by atoms with Crippen LogP contribution in [0.25, 0.3) is 0 Å².